The normalized spacial score (nSPS) is 12.4. The molecule has 144 valence electrons. The molecule has 1 aliphatic rings. The molecule has 3 aromatic carbocycles. The highest BCUT2D eigenvalue weighted by Crippen LogP contribution is 2.29. The fourth-order valence-electron chi connectivity index (χ4n) is 3.60. The molecule has 5 rings (SSSR count). The number of amides is 1. The number of nitrogens with one attached hydrogen (secondary N) is 1. The highest BCUT2D eigenvalue weighted by molar-refractivity contribution is 6.28. The largest absolute Gasteiger partial charge is 0.422 e. The van der Waals surface area contributed by atoms with E-state index < -0.39 is 11.5 Å². The number of ketones is 2. The summed E-state index contributed by atoms with van der Waals surface area (Å²) in [7, 11) is 0. The Hall–Kier alpha value is -4.32. The summed E-state index contributed by atoms with van der Waals surface area (Å²) in [5, 5.41) is 3.23. The minimum absolute atomic E-state index is 0.154. The Morgan fingerprint density at radius 3 is 2.10 bits per heavy atom. The number of anilines is 1. The van der Waals surface area contributed by atoms with Gasteiger partial charge < -0.3 is 9.73 Å². The lowest BCUT2D eigenvalue weighted by molar-refractivity contribution is 0.0979. The number of hydrogen-bond acceptors (Lipinski definition) is 5. The molecule has 0 atom stereocenters. The second kappa shape index (κ2) is 6.63. The molecule has 1 amide bonds. The molecule has 0 saturated carbocycles. The van der Waals surface area contributed by atoms with Gasteiger partial charge in [-0.1, -0.05) is 42.5 Å². The van der Waals surface area contributed by atoms with Crippen LogP contribution in [0.15, 0.2) is 82.0 Å². The van der Waals surface area contributed by atoms with Crippen molar-refractivity contribution < 1.29 is 18.8 Å². The topological polar surface area (TPSA) is 93.4 Å². The van der Waals surface area contributed by atoms with Crippen LogP contribution in [0.25, 0.3) is 11.0 Å². The molecule has 0 spiro atoms. The van der Waals surface area contributed by atoms with E-state index in [1.165, 1.54) is 24.3 Å². The Morgan fingerprint density at radius 1 is 0.700 bits per heavy atom. The van der Waals surface area contributed by atoms with E-state index in [1.54, 1.807) is 48.5 Å². The van der Waals surface area contributed by atoms with Gasteiger partial charge in [-0.3, -0.25) is 14.4 Å². The van der Waals surface area contributed by atoms with Gasteiger partial charge in [0.25, 0.3) is 5.91 Å². The van der Waals surface area contributed by atoms with Gasteiger partial charge in [0.1, 0.15) is 11.1 Å². The second-order valence-corrected chi connectivity index (χ2v) is 6.90. The van der Waals surface area contributed by atoms with Crippen LogP contribution in [0.3, 0.4) is 0 Å². The highest BCUT2D eigenvalue weighted by Gasteiger charge is 2.29. The number of fused-ring (bicyclic) bond motifs is 3. The number of hydrogen-bond donors (Lipinski definition) is 1. The number of para-hydroxylation sites is 1. The first kappa shape index (κ1) is 17.8. The summed E-state index contributed by atoms with van der Waals surface area (Å²) in [6.45, 7) is 0. The van der Waals surface area contributed by atoms with E-state index in [1.807, 2.05) is 0 Å². The van der Waals surface area contributed by atoms with Crippen LogP contribution < -0.4 is 10.9 Å². The predicted molar refractivity (Wildman–Crippen MR) is 110 cm³/mol. The van der Waals surface area contributed by atoms with Gasteiger partial charge in [0.05, 0.1) is 0 Å². The lowest BCUT2D eigenvalue weighted by Crippen LogP contribution is -2.23. The Morgan fingerprint density at radius 2 is 1.33 bits per heavy atom. The first-order chi connectivity index (χ1) is 14.5. The summed E-state index contributed by atoms with van der Waals surface area (Å²) < 4.78 is 5.20. The molecule has 1 aliphatic carbocycles. The quantitative estimate of drug-likeness (QED) is 0.459. The summed E-state index contributed by atoms with van der Waals surface area (Å²) in [5.74, 6) is -1.20. The Labute approximate surface area is 169 Å². The van der Waals surface area contributed by atoms with Gasteiger partial charge in [0.15, 0.2) is 11.6 Å². The van der Waals surface area contributed by atoms with Crippen LogP contribution in [0.5, 0.6) is 0 Å². The smallest absolute Gasteiger partial charge is 0.349 e. The van der Waals surface area contributed by atoms with Crippen molar-refractivity contribution in [1.29, 1.82) is 0 Å². The number of rotatable bonds is 2. The van der Waals surface area contributed by atoms with E-state index in [0.717, 1.165) is 0 Å². The van der Waals surface area contributed by atoms with Crippen LogP contribution in [0.4, 0.5) is 5.69 Å². The molecule has 4 aromatic rings. The summed E-state index contributed by atoms with van der Waals surface area (Å²) >= 11 is 0. The molecule has 1 N–H and O–H groups in total. The van der Waals surface area contributed by atoms with Crippen LogP contribution in [0, 0.1) is 0 Å². The number of carbonyl (C=O) groups excluding carboxylic acids is 3. The third-order valence-corrected chi connectivity index (χ3v) is 5.07. The molecular weight excluding hydrogens is 382 g/mol. The summed E-state index contributed by atoms with van der Waals surface area (Å²) in [6.07, 6.45) is 0. The van der Waals surface area contributed by atoms with E-state index in [2.05, 4.69) is 5.32 Å². The van der Waals surface area contributed by atoms with Crippen LogP contribution in [-0.2, 0) is 0 Å². The standard InChI is InChI=1S/C24H13NO5/c26-21-15-6-2-3-7-16(15)22(27)18-12-14(9-10-17(18)21)25-23(28)19-11-13-5-1-4-8-20(13)30-24(19)29/h1-12H,(H,25,28). The van der Waals surface area contributed by atoms with Crippen LogP contribution in [0.1, 0.15) is 42.2 Å². The minimum Gasteiger partial charge on any atom is -0.422 e. The van der Waals surface area contributed by atoms with E-state index >= 15 is 0 Å². The van der Waals surface area contributed by atoms with E-state index in [0.29, 0.717) is 27.8 Å². The van der Waals surface area contributed by atoms with Gasteiger partial charge in [0.2, 0.25) is 0 Å². The van der Waals surface area contributed by atoms with Crippen molar-refractivity contribution >= 4 is 34.1 Å². The minimum atomic E-state index is -0.760. The molecule has 0 bridgehead atoms. The molecule has 0 unspecified atom stereocenters. The van der Waals surface area contributed by atoms with E-state index in [9.17, 15) is 19.2 Å². The maximum Gasteiger partial charge on any atom is 0.349 e. The average molecular weight is 395 g/mol. The van der Waals surface area contributed by atoms with Gasteiger partial charge in [-0.25, -0.2) is 4.79 Å². The molecule has 0 radical (unpaired) electrons. The number of benzene rings is 3. The molecule has 0 aliphatic heterocycles. The maximum atomic E-state index is 12.8. The zero-order valence-electron chi connectivity index (χ0n) is 15.5. The first-order valence-electron chi connectivity index (χ1n) is 9.19. The average Bonchev–Trinajstić information content (AvgIpc) is 2.77. The SMILES string of the molecule is O=C1c2ccccc2C(=O)c2cc(NC(=O)c3cc4ccccc4oc3=O)ccc21. The van der Waals surface area contributed by atoms with Crippen LogP contribution in [0.2, 0.25) is 0 Å². The first-order valence-corrected chi connectivity index (χ1v) is 9.19. The monoisotopic (exact) mass is 395 g/mol. The second-order valence-electron chi connectivity index (χ2n) is 6.90. The van der Waals surface area contributed by atoms with Crippen molar-refractivity contribution in [2.45, 2.75) is 0 Å². The number of carbonyl (C=O) groups is 3. The lowest BCUT2D eigenvalue weighted by atomic mass is 9.84. The van der Waals surface area contributed by atoms with E-state index in [-0.39, 0.29) is 28.3 Å². The van der Waals surface area contributed by atoms with Crippen molar-refractivity contribution in [3.63, 3.8) is 0 Å². The Kier molecular flexibility index (Phi) is 3.93. The molecule has 0 saturated heterocycles. The van der Waals surface area contributed by atoms with Crippen LogP contribution >= 0.6 is 0 Å². The fraction of sp³-hybridized carbons (Fsp3) is 0. The van der Waals surface area contributed by atoms with Gasteiger partial charge in [-0.05, 0) is 30.3 Å². The van der Waals surface area contributed by atoms with Crippen molar-refractivity contribution in [2.75, 3.05) is 5.32 Å². The molecular formula is C24H13NO5. The van der Waals surface area contributed by atoms with Crippen molar-refractivity contribution in [2.24, 2.45) is 0 Å². The Balaban J connectivity index is 1.50. The van der Waals surface area contributed by atoms with Crippen molar-refractivity contribution in [1.82, 2.24) is 0 Å². The Bertz CT molecular complexity index is 1450. The summed E-state index contributed by atoms with van der Waals surface area (Å²) in [5.41, 5.74) is 0.948. The highest BCUT2D eigenvalue weighted by atomic mass is 16.4. The third kappa shape index (κ3) is 2.74. The molecule has 0 fully saturated rings. The maximum absolute atomic E-state index is 12.8. The predicted octanol–water partition coefficient (Wildman–Crippen LogP) is 3.82. The molecule has 6 nitrogen and oxygen atoms in total. The molecule has 6 heteroatoms. The van der Waals surface area contributed by atoms with Gasteiger partial charge in [0, 0.05) is 33.3 Å². The van der Waals surface area contributed by atoms with Gasteiger partial charge in [-0.2, -0.15) is 0 Å². The lowest BCUT2D eigenvalue weighted by Gasteiger charge is -2.18. The van der Waals surface area contributed by atoms with Gasteiger partial charge in [-0.15, -0.1) is 0 Å². The molecule has 1 heterocycles. The van der Waals surface area contributed by atoms with Crippen LogP contribution in [-0.4, -0.2) is 17.5 Å². The van der Waals surface area contributed by atoms with Gasteiger partial charge >= 0.3 is 5.63 Å². The van der Waals surface area contributed by atoms with E-state index in [4.69, 9.17) is 4.42 Å². The third-order valence-electron chi connectivity index (χ3n) is 5.07. The zero-order chi connectivity index (χ0) is 20.8. The summed E-state index contributed by atoms with van der Waals surface area (Å²) in [4.78, 5) is 50.4. The van der Waals surface area contributed by atoms with Crippen molar-refractivity contribution in [3.8, 4) is 0 Å². The zero-order valence-corrected chi connectivity index (χ0v) is 15.5. The molecule has 30 heavy (non-hydrogen) atoms. The fourth-order valence-corrected chi connectivity index (χ4v) is 3.60. The molecule has 1 aromatic heterocycles. The van der Waals surface area contributed by atoms with Crippen molar-refractivity contribution in [3.05, 3.63) is 111 Å². The summed E-state index contributed by atoms with van der Waals surface area (Å²) in [6, 6.07) is 19.4.